The molecule has 0 aliphatic heterocycles. The Labute approximate surface area is 117 Å². The van der Waals surface area contributed by atoms with E-state index >= 15 is 0 Å². The third-order valence-electron chi connectivity index (χ3n) is 2.34. The number of rotatable bonds is 4. The normalized spacial score (nSPS) is 11.4. The van der Waals surface area contributed by atoms with Crippen LogP contribution >= 0.6 is 31.9 Å². The van der Waals surface area contributed by atoms with Crippen LogP contribution in [0.25, 0.3) is 0 Å². The number of amides is 1. The zero-order valence-electron chi connectivity index (χ0n) is 9.69. The molecule has 17 heavy (non-hydrogen) atoms. The van der Waals surface area contributed by atoms with Crippen LogP contribution in [0.1, 0.15) is 30.6 Å². The average Bonchev–Trinajstić information content (AvgIpc) is 2.20. The van der Waals surface area contributed by atoms with Crippen molar-refractivity contribution in [2.24, 2.45) is 0 Å². The number of carbonyl (C=O) groups is 1. The molecule has 1 amide bonds. The molecule has 0 fully saturated rings. The maximum Gasteiger partial charge on any atom is 0.252 e. The molecule has 0 unspecified atom stereocenters. The Bertz CT molecular complexity index is 421. The van der Waals surface area contributed by atoms with Gasteiger partial charge in [-0.1, -0.05) is 15.9 Å². The van der Waals surface area contributed by atoms with E-state index in [0.717, 1.165) is 11.8 Å². The van der Waals surface area contributed by atoms with Gasteiger partial charge in [0.25, 0.3) is 5.91 Å². The van der Waals surface area contributed by atoms with Crippen LogP contribution in [0.2, 0.25) is 0 Å². The number of hydrogen-bond donors (Lipinski definition) is 1. The summed E-state index contributed by atoms with van der Waals surface area (Å²) in [6.07, 6.45) is 0.797. The number of halogens is 3. The summed E-state index contributed by atoms with van der Waals surface area (Å²) in [5, 5.41) is 3.67. The van der Waals surface area contributed by atoms with Crippen molar-refractivity contribution < 1.29 is 9.18 Å². The summed E-state index contributed by atoms with van der Waals surface area (Å²) in [5.74, 6) is -0.695. The number of alkyl halides is 1. The molecule has 0 saturated heterocycles. The van der Waals surface area contributed by atoms with E-state index in [1.54, 1.807) is 0 Å². The van der Waals surface area contributed by atoms with Crippen molar-refractivity contribution in [3.63, 3.8) is 0 Å². The van der Waals surface area contributed by atoms with Gasteiger partial charge in [0, 0.05) is 15.3 Å². The van der Waals surface area contributed by atoms with Gasteiger partial charge in [0.15, 0.2) is 0 Å². The van der Waals surface area contributed by atoms with Gasteiger partial charge in [-0.05, 0) is 54.4 Å². The molecule has 2 nitrogen and oxygen atoms in total. The van der Waals surface area contributed by atoms with Crippen molar-refractivity contribution in [3.8, 4) is 0 Å². The van der Waals surface area contributed by atoms with E-state index in [1.807, 2.05) is 13.8 Å². The summed E-state index contributed by atoms with van der Waals surface area (Å²) in [6, 6.07) is 4.07. The van der Waals surface area contributed by atoms with Gasteiger partial charge in [-0.15, -0.1) is 0 Å². The van der Waals surface area contributed by atoms with Gasteiger partial charge >= 0.3 is 0 Å². The van der Waals surface area contributed by atoms with Crippen LogP contribution in [0.4, 0.5) is 4.39 Å². The second-order valence-corrected chi connectivity index (χ2v) is 6.05. The standard InChI is InChI=1S/C12H14Br2FNO/c1-12(2,5-6-13)16-11(17)9-7-8(15)3-4-10(9)14/h3-4,7H,5-6H2,1-2H3,(H,16,17). The first-order valence-electron chi connectivity index (χ1n) is 5.19. The first kappa shape index (κ1) is 14.6. The third kappa shape index (κ3) is 4.39. The predicted octanol–water partition coefficient (Wildman–Crippen LogP) is 3.88. The van der Waals surface area contributed by atoms with Crippen molar-refractivity contribution in [2.75, 3.05) is 5.33 Å². The highest BCUT2D eigenvalue weighted by Crippen LogP contribution is 2.19. The van der Waals surface area contributed by atoms with Crippen molar-refractivity contribution >= 4 is 37.8 Å². The molecule has 5 heteroatoms. The van der Waals surface area contributed by atoms with E-state index in [2.05, 4.69) is 37.2 Å². The lowest BCUT2D eigenvalue weighted by atomic mass is 10.0. The Morgan fingerprint density at radius 2 is 2.12 bits per heavy atom. The fraction of sp³-hybridized carbons (Fsp3) is 0.417. The fourth-order valence-corrected chi connectivity index (χ4v) is 2.76. The summed E-state index contributed by atoms with van der Waals surface area (Å²) >= 11 is 6.58. The quantitative estimate of drug-likeness (QED) is 0.805. The first-order valence-corrected chi connectivity index (χ1v) is 7.11. The third-order valence-corrected chi connectivity index (χ3v) is 3.43. The maximum absolute atomic E-state index is 13.1. The summed E-state index contributed by atoms with van der Waals surface area (Å²) in [5.41, 5.74) is -0.0144. The maximum atomic E-state index is 13.1. The van der Waals surface area contributed by atoms with Crippen LogP contribution in [-0.4, -0.2) is 16.8 Å². The number of carbonyl (C=O) groups excluding carboxylic acids is 1. The Hall–Kier alpha value is -0.420. The molecule has 0 bridgehead atoms. The Balaban J connectivity index is 2.86. The SMILES string of the molecule is CC(C)(CCBr)NC(=O)c1cc(F)ccc1Br. The molecule has 1 N–H and O–H groups in total. The first-order chi connectivity index (χ1) is 7.85. The van der Waals surface area contributed by atoms with Gasteiger partial charge in [0.05, 0.1) is 5.56 Å². The molecule has 1 rings (SSSR count). The summed E-state index contributed by atoms with van der Waals surface area (Å²) in [4.78, 5) is 12.0. The highest BCUT2D eigenvalue weighted by atomic mass is 79.9. The van der Waals surface area contributed by atoms with Gasteiger partial charge in [0.1, 0.15) is 5.82 Å². The Morgan fingerprint density at radius 1 is 1.47 bits per heavy atom. The Kier molecular flexibility index (Phi) is 5.13. The molecule has 0 atom stereocenters. The molecule has 0 aliphatic carbocycles. The highest BCUT2D eigenvalue weighted by Gasteiger charge is 2.21. The fourth-order valence-electron chi connectivity index (χ4n) is 1.34. The van der Waals surface area contributed by atoms with Crippen molar-refractivity contribution in [3.05, 3.63) is 34.1 Å². The van der Waals surface area contributed by atoms with Gasteiger partial charge in [-0.3, -0.25) is 4.79 Å². The second-order valence-electron chi connectivity index (χ2n) is 4.40. The van der Waals surface area contributed by atoms with Gasteiger partial charge < -0.3 is 5.32 Å². The zero-order valence-corrected chi connectivity index (χ0v) is 12.9. The smallest absolute Gasteiger partial charge is 0.252 e. The van der Waals surface area contributed by atoms with Crippen LogP contribution in [0.5, 0.6) is 0 Å². The topological polar surface area (TPSA) is 29.1 Å². The van der Waals surface area contributed by atoms with Crippen LogP contribution < -0.4 is 5.32 Å². The molecule has 0 aliphatic rings. The molecule has 0 aromatic heterocycles. The Morgan fingerprint density at radius 3 is 2.71 bits per heavy atom. The van der Waals surface area contributed by atoms with E-state index in [4.69, 9.17) is 0 Å². The van der Waals surface area contributed by atoms with Gasteiger partial charge in [-0.25, -0.2) is 4.39 Å². The van der Waals surface area contributed by atoms with Crippen molar-refractivity contribution in [2.45, 2.75) is 25.8 Å². The lowest BCUT2D eigenvalue weighted by Crippen LogP contribution is -2.43. The molecule has 94 valence electrons. The molecule has 0 spiro atoms. The van der Waals surface area contributed by atoms with Crippen molar-refractivity contribution in [1.82, 2.24) is 5.32 Å². The minimum atomic E-state index is -0.420. The molecule has 0 saturated carbocycles. The highest BCUT2D eigenvalue weighted by molar-refractivity contribution is 9.10. The van der Waals surface area contributed by atoms with Crippen LogP contribution in [-0.2, 0) is 0 Å². The van der Waals surface area contributed by atoms with Gasteiger partial charge in [0.2, 0.25) is 0 Å². The number of benzene rings is 1. The van der Waals surface area contributed by atoms with E-state index in [0.29, 0.717) is 10.0 Å². The molecule has 1 aromatic carbocycles. The minimum absolute atomic E-state index is 0.276. The average molecular weight is 367 g/mol. The summed E-state index contributed by atoms with van der Waals surface area (Å²) in [6.45, 7) is 3.86. The van der Waals surface area contributed by atoms with E-state index < -0.39 is 5.82 Å². The summed E-state index contributed by atoms with van der Waals surface area (Å²) < 4.78 is 13.7. The predicted molar refractivity (Wildman–Crippen MR) is 74.1 cm³/mol. The number of hydrogen-bond acceptors (Lipinski definition) is 1. The second kappa shape index (κ2) is 5.96. The lowest BCUT2D eigenvalue weighted by Gasteiger charge is -2.25. The largest absolute Gasteiger partial charge is 0.347 e. The van der Waals surface area contributed by atoms with E-state index in [9.17, 15) is 9.18 Å². The summed E-state index contributed by atoms with van der Waals surface area (Å²) in [7, 11) is 0. The van der Waals surface area contributed by atoms with E-state index in [-0.39, 0.29) is 11.4 Å². The molecular weight excluding hydrogens is 353 g/mol. The monoisotopic (exact) mass is 365 g/mol. The molecule has 0 heterocycles. The zero-order chi connectivity index (χ0) is 13.1. The lowest BCUT2D eigenvalue weighted by molar-refractivity contribution is 0.0910. The molecule has 0 radical (unpaired) electrons. The molecule has 1 aromatic rings. The van der Waals surface area contributed by atoms with Crippen molar-refractivity contribution in [1.29, 1.82) is 0 Å². The van der Waals surface area contributed by atoms with Crippen LogP contribution in [0.15, 0.2) is 22.7 Å². The minimum Gasteiger partial charge on any atom is -0.347 e. The van der Waals surface area contributed by atoms with Gasteiger partial charge in [-0.2, -0.15) is 0 Å². The number of nitrogens with one attached hydrogen (secondary N) is 1. The van der Waals surface area contributed by atoms with Crippen LogP contribution in [0.3, 0.4) is 0 Å². The van der Waals surface area contributed by atoms with E-state index in [1.165, 1.54) is 18.2 Å². The molecular formula is C12H14Br2FNO. The van der Waals surface area contributed by atoms with Crippen LogP contribution in [0, 0.1) is 5.82 Å².